The van der Waals surface area contributed by atoms with Gasteiger partial charge in [0.05, 0.1) is 5.69 Å². The molecule has 0 unspecified atom stereocenters. The maximum Gasteiger partial charge on any atom is 0.160 e. The number of hydrogen-bond donors (Lipinski definition) is 1. The lowest BCUT2D eigenvalue weighted by molar-refractivity contribution is 0.375. The van der Waals surface area contributed by atoms with Crippen LogP contribution in [-0.4, -0.2) is 15.9 Å². The fourth-order valence-corrected chi connectivity index (χ4v) is 6.15. The van der Waals surface area contributed by atoms with Gasteiger partial charge in [-0.2, -0.15) is 0 Å². The minimum absolute atomic E-state index is 0.707. The van der Waals surface area contributed by atoms with Crippen LogP contribution in [0.5, 0.6) is 0 Å². The number of rotatable bonds is 5. The molecule has 2 aliphatic carbocycles. The highest BCUT2D eigenvalue weighted by Crippen LogP contribution is 2.33. The number of pyridine rings is 1. The lowest BCUT2D eigenvalue weighted by Gasteiger charge is -2.21. The Hall–Kier alpha value is -1.51. The number of anilines is 1. The summed E-state index contributed by atoms with van der Waals surface area (Å²) in [5.74, 6) is 1.61. The van der Waals surface area contributed by atoms with Crippen molar-refractivity contribution in [2.75, 3.05) is 11.9 Å². The van der Waals surface area contributed by atoms with E-state index in [0.717, 1.165) is 18.1 Å². The summed E-state index contributed by atoms with van der Waals surface area (Å²) in [6.07, 6.45) is 33.4. The Labute approximate surface area is 196 Å². The van der Waals surface area contributed by atoms with Gasteiger partial charge in [-0.1, -0.05) is 103 Å². The van der Waals surface area contributed by atoms with E-state index in [1.807, 2.05) is 6.20 Å². The number of nitrogens with one attached hydrogen (secondary N) is 1. The summed E-state index contributed by atoms with van der Waals surface area (Å²) in [5.41, 5.74) is 3.88. The van der Waals surface area contributed by atoms with Gasteiger partial charge in [0.2, 0.25) is 0 Å². The second-order valence-electron chi connectivity index (χ2n) is 10.7. The zero-order valence-corrected chi connectivity index (χ0v) is 20.5. The third-order valence-corrected chi connectivity index (χ3v) is 8.18. The van der Waals surface area contributed by atoms with Gasteiger partial charge in [-0.3, -0.25) is 0 Å². The first-order chi connectivity index (χ1) is 15.9. The molecule has 32 heavy (non-hydrogen) atoms. The van der Waals surface area contributed by atoms with E-state index in [1.54, 1.807) is 0 Å². The molecule has 2 aromatic rings. The first kappa shape index (κ1) is 23.6. The van der Waals surface area contributed by atoms with Crippen LogP contribution in [0.4, 0.5) is 5.69 Å². The number of imidazole rings is 1. The van der Waals surface area contributed by atoms with E-state index >= 15 is 0 Å². The molecule has 2 fully saturated rings. The minimum Gasteiger partial charge on any atom is -0.382 e. The molecule has 4 rings (SSSR count). The van der Waals surface area contributed by atoms with E-state index in [1.165, 1.54) is 133 Å². The standard InChI is InChI=1S/C29H47N3/c1-3-7-11-15-25(16-12-8-4-1)19-20-30-28-23-27(24-32-22-21-31-29(28)32)26-17-13-9-5-2-6-10-14-18-26/h21-26,30H,1-20H2. The van der Waals surface area contributed by atoms with E-state index in [-0.39, 0.29) is 0 Å². The summed E-state index contributed by atoms with van der Waals surface area (Å²) < 4.78 is 2.26. The third kappa shape index (κ3) is 7.25. The number of hydrogen-bond acceptors (Lipinski definition) is 2. The molecule has 0 bridgehead atoms. The van der Waals surface area contributed by atoms with Gasteiger partial charge in [-0.15, -0.1) is 0 Å². The van der Waals surface area contributed by atoms with Crippen LogP contribution in [0, 0.1) is 5.92 Å². The average Bonchev–Trinajstić information content (AvgIpc) is 3.30. The zero-order chi connectivity index (χ0) is 21.8. The van der Waals surface area contributed by atoms with Crippen LogP contribution in [0.15, 0.2) is 24.7 Å². The van der Waals surface area contributed by atoms with Crippen molar-refractivity contribution in [3.63, 3.8) is 0 Å². The quantitative estimate of drug-likeness (QED) is 0.506. The van der Waals surface area contributed by atoms with Gasteiger partial charge in [0.15, 0.2) is 5.65 Å². The Balaban J connectivity index is 1.39. The summed E-state index contributed by atoms with van der Waals surface area (Å²) in [5, 5.41) is 3.83. The molecule has 178 valence electrons. The lowest BCUT2D eigenvalue weighted by Crippen LogP contribution is -2.12. The van der Waals surface area contributed by atoms with Gasteiger partial charge < -0.3 is 9.72 Å². The molecule has 2 saturated carbocycles. The minimum atomic E-state index is 0.707. The highest BCUT2D eigenvalue weighted by Gasteiger charge is 2.16. The van der Waals surface area contributed by atoms with Gasteiger partial charge in [0.1, 0.15) is 0 Å². The molecule has 3 nitrogen and oxygen atoms in total. The summed E-state index contributed by atoms with van der Waals surface area (Å²) in [4.78, 5) is 4.68. The first-order valence-corrected chi connectivity index (χ1v) is 14.1. The van der Waals surface area contributed by atoms with Gasteiger partial charge in [0, 0.05) is 25.1 Å². The smallest absolute Gasteiger partial charge is 0.160 e. The molecule has 1 N–H and O–H groups in total. The summed E-state index contributed by atoms with van der Waals surface area (Å²) in [6, 6.07) is 2.45. The maximum absolute atomic E-state index is 4.68. The molecule has 0 radical (unpaired) electrons. The number of nitrogens with zero attached hydrogens (tertiary/aromatic N) is 2. The summed E-state index contributed by atoms with van der Waals surface area (Å²) >= 11 is 0. The molecule has 0 aromatic carbocycles. The lowest BCUT2D eigenvalue weighted by atomic mass is 9.87. The van der Waals surface area contributed by atoms with E-state index in [0.29, 0.717) is 5.92 Å². The predicted octanol–water partition coefficient (Wildman–Crippen LogP) is 8.89. The van der Waals surface area contributed by atoms with E-state index in [2.05, 4.69) is 33.2 Å². The Kier molecular flexibility index (Phi) is 9.80. The third-order valence-electron chi connectivity index (χ3n) is 8.18. The Morgan fingerprint density at radius 2 is 1.31 bits per heavy atom. The maximum atomic E-state index is 4.68. The molecule has 0 saturated heterocycles. The van der Waals surface area contributed by atoms with Crippen LogP contribution >= 0.6 is 0 Å². The molecule has 2 heterocycles. The molecular formula is C29H47N3. The van der Waals surface area contributed by atoms with Crippen LogP contribution in [0.3, 0.4) is 0 Å². The molecule has 2 aromatic heterocycles. The fraction of sp³-hybridized carbons (Fsp3) is 0.759. The fourth-order valence-electron chi connectivity index (χ4n) is 6.15. The number of fused-ring (bicyclic) bond motifs is 1. The first-order valence-electron chi connectivity index (χ1n) is 14.1. The summed E-state index contributed by atoms with van der Waals surface area (Å²) in [7, 11) is 0. The molecular weight excluding hydrogens is 390 g/mol. The summed E-state index contributed by atoms with van der Waals surface area (Å²) in [6.45, 7) is 1.08. The highest BCUT2D eigenvalue weighted by atomic mass is 15.0. The van der Waals surface area contributed by atoms with Crippen LogP contribution in [0.1, 0.15) is 133 Å². The monoisotopic (exact) mass is 437 g/mol. The molecule has 0 atom stereocenters. The Morgan fingerprint density at radius 1 is 0.750 bits per heavy atom. The molecule has 0 spiro atoms. The van der Waals surface area contributed by atoms with Crippen molar-refractivity contribution in [3.8, 4) is 0 Å². The predicted molar refractivity (Wildman–Crippen MR) is 138 cm³/mol. The topological polar surface area (TPSA) is 29.3 Å². The molecule has 2 aliphatic rings. The van der Waals surface area contributed by atoms with Crippen LogP contribution in [0.2, 0.25) is 0 Å². The highest BCUT2D eigenvalue weighted by molar-refractivity contribution is 5.68. The van der Waals surface area contributed by atoms with Crippen molar-refractivity contribution in [2.45, 2.75) is 128 Å². The van der Waals surface area contributed by atoms with Crippen molar-refractivity contribution in [1.82, 2.24) is 9.38 Å². The molecule has 0 aliphatic heterocycles. The van der Waals surface area contributed by atoms with Gasteiger partial charge >= 0.3 is 0 Å². The number of aromatic nitrogens is 2. The zero-order valence-electron chi connectivity index (χ0n) is 20.5. The van der Waals surface area contributed by atoms with Gasteiger partial charge in [0.25, 0.3) is 0 Å². The molecule has 3 heteroatoms. The van der Waals surface area contributed by atoms with Gasteiger partial charge in [-0.05, 0) is 42.7 Å². The second-order valence-corrected chi connectivity index (χ2v) is 10.7. The van der Waals surface area contributed by atoms with E-state index in [4.69, 9.17) is 0 Å². The van der Waals surface area contributed by atoms with Crippen LogP contribution in [0.25, 0.3) is 5.65 Å². The average molecular weight is 438 g/mol. The van der Waals surface area contributed by atoms with E-state index in [9.17, 15) is 0 Å². The SMILES string of the molecule is c1cn2cc(C3CCCCCCCCC3)cc(NCCC3CCCCCCCCC3)c2n1. The normalized spacial score (nSPS) is 21.4. The van der Waals surface area contributed by atoms with Crippen molar-refractivity contribution >= 4 is 11.3 Å². The van der Waals surface area contributed by atoms with Crippen molar-refractivity contribution < 1.29 is 0 Å². The van der Waals surface area contributed by atoms with Crippen LogP contribution < -0.4 is 5.32 Å². The van der Waals surface area contributed by atoms with E-state index < -0.39 is 0 Å². The van der Waals surface area contributed by atoms with Crippen LogP contribution in [-0.2, 0) is 0 Å². The van der Waals surface area contributed by atoms with Gasteiger partial charge in [-0.25, -0.2) is 4.98 Å². The molecule has 0 amide bonds. The Morgan fingerprint density at radius 3 is 1.94 bits per heavy atom. The largest absolute Gasteiger partial charge is 0.382 e. The Bertz CT molecular complexity index is 760. The van der Waals surface area contributed by atoms with Crippen molar-refractivity contribution in [2.24, 2.45) is 5.92 Å². The van der Waals surface area contributed by atoms with Crippen molar-refractivity contribution in [3.05, 3.63) is 30.2 Å². The van der Waals surface area contributed by atoms with Crippen molar-refractivity contribution in [1.29, 1.82) is 0 Å². The second kappa shape index (κ2) is 13.3.